The normalized spacial score (nSPS) is 18.5. The molecule has 0 spiro atoms. The summed E-state index contributed by atoms with van der Waals surface area (Å²) in [6.45, 7) is 5.02. The van der Waals surface area contributed by atoms with Crippen molar-refractivity contribution < 1.29 is 19.1 Å². The Labute approximate surface area is 187 Å². The number of fused-ring (bicyclic) bond motifs is 2. The van der Waals surface area contributed by atoms with E-state index in [1.54, 1.807) is 11.8 Å². The molecular weight excluding hydrogens is 412 g/mol. The zero-order valence-electron chi connectivity index (χ0n) is 17.9. The fourth-order valence-corrected chi connectivity index (χ4v) is 4.74. The van der Waals surface area contributed by atoms with E-state index in [0.29, 0.717) is 37.6 Å². The molecule has 2 N–H and O–H groups in total. The van der Waals surface area contributed by atoms with E-state index >= 15 is 0 Å². The van der Waals surface area contributed by atoms with Gasteiger partial charge >= 0.3 is 0 Å². The lowest BCUT2D eigenvalue weighted by Crippen LogP contribution is -2.30. The lowest BCUT2D eigenvalue weighted by Gasteiger charge is -2.13. The average Bonchev–Trinajstić information content (AvgIpc) is 3.31. The predicted octanol–water partition coefficient (Wildman–Crippen LogP) is 3.62. The quantitative estimate of drug-likeness (QED) is 0.613. The van der Waals surface area contributed by atoms with Gasteiger partial charge in [-0.2, -0.15) is 11.8 Å². The van der Waals surface area contributed by atoms with Gasteiger partial charge in [-0.3, -0.25) is 9.59 Å². The van der Waals surface area contributed by atoms with Crippen LogP contribution in [0.2, 0.25) is 0 Å². The van der Waals surface area contributed by atoms with Crippen LogP contribution >= 0.6 is 11.8 Å². The fourth-order valence-electron chi connectivity index (χ4n) is 3.87. The maximum absolute atomic E-state index is 12.3. The van der Waals surface area contributed by atoms with Gasteiger partial charge in [0.15, 0.2) is 0 Å². The van der Waals surface area contributed by atoms with Crippen molar-refractivity contribution in [1.29, 1.82) is 0 Å². The third-order valence-corrected chi connectivity index (χ3v) is 6.50. The van der Waals surface area contributed by atoms with Crippen LogP contribution in [0.4, 0.5) is 0 Å². The van der Waals surface area contributed by atoms with Crippen LogP contribution in [0, 0.1) is 13.8 Å². The van der Waals surface area contributed by atoms with E-state index in [0.717, 1.165) is 33.8 Å². The van der Waals surface area contributed by atoms with Gasteiger partial charge in [0.05, 0.1) is 12.1 Å². The van der Waals surface area contributed by atoms with E-state index in [1.807, 2.05) is 38.1 Å². The largest absolute Gasteiger partial charge is 0.491 e. The van der Waals surface area contributed by atoms with E-state index in [-0.39, 0.29) is 23.9 Å². The summed E-state index contributed by atoms with van der Waals surface area (Å²) in [5.74, 6) is 3.08. The summed E-state index contributed by atoms with van der Waals surface area (Å²) in [5, 5.41) is 6.11. The summed E-state index contributed by atoms with van der Waals surface area (Å²) >= 11 is 1.62. The highest BCUT2D eigenvalue weighted by atomic mass is 32.2. The predicted molar refractivity (Wildman–Crippen MR) is 122 cm³/mol. The molecule has 164 valence electrons. The highest BCUT2D eigenvalue weighted by molar-refractivity contribution is 7.99. The smallest absolute Gasteiger partial charge is 0.221 e. The summed E-state index contributed by atoms with van der Waals surface area (Å²) < 4.78 is 11.3. The Morgan fingerprint density at radius 2 is 1.29 bits per heavy atom. The summed E-state index contributed by atoms with van der Waals surface area (Å²) in [5.41, 5.74) is 4.40. The molecule has 2 heterocycles. The molecule has 2 aliphatic rings. The molecule has 6 nitrogen and oxygen atoms in total. The van der Waals surface area contributed by atoms with Crippen LogP contribution in [0.15, 0.2) is 36.4 Å². The first kappa shape index (κ1) is 21.6. The van der Waals surface area contributed by atoms with Gasteiger partial charge in [-0.15, -0.1) is 0 Å². The monoisotopic (exact) mass is 440 g/mol. The van der Waals surface area contributed by atoms with Crippen molar-refractivity contribution in [2.45, 2.75) is 38.8 Å². The van der Waals surface area contributed by atoms with Crippen LogP contribution in [-0.4, -0.2) is 36.5 Å². The Bertz CT molecular complexity index is 901. The van der Waals surface area contributed by atoms with Crippen molar-refractivity contribution in [2.75, 3.05) is 24.7 Å². The van der Waals surface area contributed by atoms with Crippen LogP contribution in [0.25, 0.3) is 0 Å². The average molecular weight is 441 g/mol. The van der Waals surface area contributed by atoms with Crippen LogP contribution in [0.3, 0.4) is 0 Å². The summed E-state index contributed by atoms with van der Waals surface area (Å²) in [7, 11) is 0. The maximum Gasteiger partial charge on any atom is 0.221 e. The summed E-state index contributed by atoms with van der Waals surface area (Å²) in [6, 6.07) is 11.9. The minimum atomic E-state index is -0.0849. The molecule has 2 aromatic rings. The van der Waals surface area contributed by atoms with E-state index in [1.165, 1.54) is 0 Å². The first-order valence-electron chi connectivity index (χ1n) is 10.6. The molecule has 0 aliphatic carbocycles. The Kier molecular flexibility index (Phi) is 6.70. The molecular formula is C24H28N2O4S. The van der Waals surface area contributed by atoms with Gasteiger partial charge in [0.2, 0.25) is 11.8 Å². The van der Waals surface area contributed by atoms with E-state index in [9.17, 15) is 9.59 Å². The first-order valence-corrected chi connectivity index (χ1v) is 11.8. The van der Waals surface area contributed by atoms with E-state index < -0.39 is 0 Å². The van der Waals surface area contributed by atoms with Crippen LogP contribution < -0.4 is 20.1 Å². The number of ether oxygens (including phenoxy) is 2. The number of hydrogen-bond acceptors (Lipinski definition) is 5. The summed E-state index contributed by atoms with van der Waals surface area (Å²) in [4.78, 5) is 24.6. The van der Waals surface area contributed by atoms with Crippen molar-refractivity contribution >= 4 is 23.6 Å². The molecule has 0 radical (unpaired) electrons. The highest BCUT2D eigenvalue weighted by Gasteiger charge is 2.26. The molecule has 31 heavy (non-hydrogen) atoms. The molecule has 4 rings (SSSR count). The number of aryl methyl sites for hydroxylation is 2. The Balaban J connectivity index is 1.13. The molecule has 0 saturated heterocycles. The lowest BCUT2D eigenvalue weighted by molar-refractivity contribution is -0.122. The Morgan fingerprint density at radius 1 is 0.839 bits per heavy atom. The molecule has 7 heteroatoms. The first-order chi connectivity index (χ1) is 15.0. The van der Waals surface area contributed by atoms with Gasteiger partial charge in [0.1, 0.15) is 24.7 Å². The lowest BCUT2D eigenvalue weighted by atomic mass is 10.1. The number of rotatable bonds is 8. The molecule has 2 unspecified atom stereocenters. The second-order valence-corrected chi connectivity index (χ2v) is 9.28. The molecule has 0 fully saturated rings. The van der Waals surface area contributed by atoms with E-state index in [2.05, 4.69) is 22.8 Å². The maximum atomic E-state index is 12.3. The van der Waals surface area contributed by atoms with Gasteiger partial charge in [-0.25, -0.2) is 0 Å². The topological polar surface area (TPSA) is 76.7 Å². The highest BCUT2D eigenvalue weighted by Crippen LogP contribution is 2.33. The van der Waals surface area contributed by atoms with Gasteiger partial charge in [-0.05, 0) is 26.0 Å². The van der Waals surface area contributed by atoms with Crippen molar-refractivity contribution in [3.63, 3.8) is 0 Å². The molecule has 2 amide bonds. The van der Waals surface area contributed by atoms with E-state index in [4.69, 9.17) is 9.47 Å². The number of thioether (sulfide) groups is 1. The second-order valence-electron chi connectivity index (χ2n) is 8.06. The molecule has 0 saturated carbocycles. The van der Waals surface area contributed by atoms with Gasteiger partial charge in [0, 0.05) is 35.5 Å². The SMILES string of the molecule is Cc1ccc2c(c1)C(NC(=O)CCSCCC(=O)NC1COc3ccc(C)cc31)CO2. The third-order valence-electron chi connectivity index (χ3n) is 5.51. The number of amides is 2. The van der Waals surface area contributed by atoms with Gasteiger partial charge in [0.25, 0.3) is 0 Å². The van der Waals surface area contributed by atoms with Crippen molar-refractivity contribution in [1.82, 2.24) is 10.6 Å². The summed E-state index contributed by atoms with van der Waals surface area (Å²) in [6.07, 6.45) is 0.847. The Hall–Kier alpha value is -2.67. The number of benzene rings is 2. The van der Waals surface area contributed by atoms with Crippen molar-refractivity contribution in [3.05, 3.63) is 58.7 Å². The minimum Gasteiger partial charge on any atom is -0.491 e. The fraction of sp³-hybridized carbons (Fsp3) is 0.417. The van der Waals surface area contributed by atoms with Crippen molar-refractivity contribution in [2.24, 2.45) is 0 Å². The second kappa shape index (κ2) is 9.64. The molecule has 2 atom stereocenters. The molecule has 0 aromatic heterocycles. The van der Waals surface area contributed by atoms with Crippen molar-refractivity contribution in [3.8, 4) is 11.5 Å². The molecule has 2 aromatic carbocycles. The number of carbonyl (C=O) groups is 2. The van der Waals surface area contributed by atoms with Crippen LogP contribution in [0.1, 0.15) is 47.2 Å². The zero-order chi connectivity index (χ0) is 21.8. The third kappa shape index (κ3) is 5.34. The number of carbonyl (C=O) groups excluding carboxylic acids is 2. The standard InChI is InChI=1S/C24H28N2O4S/c1-15-3-5-21-17(11-15)19(13-29-21)25-23(27)7-9-31-10-8-24(28)26-20-14-30-22-6-4-16(2)12-18(20)22/h3-6,11-12,19-20H,7-10,13-14H2,1-2H3,(H,25,27)(H,26,28). The zero-order valence-corrected chi connectivity index (χ0v) is 18.7. The number of nitrogens with one attached hydrogen (secondary N) is 2. The van der Waals surface area contributed by atoms with Crippen LogP contribution in [-0.2, 0) is 9.59 Å². The minimum absolute atomic E-state index is 0.00925. The molecule has 2 aliphatic heterocycles. The number of hydrogen-bond donors (Lipinski definition) is 2. The Morgan fingerprint density at radius 3 is 1.74 bits per heavy atom. The molecule has 0 bridgehead atoms. The van der Waals surface area contributed by atoms with Gasteiger partial charge in [-0.1, -0.05) is 35.4 Å². The van der Waals surface area contributed by atoms with Crippen LogP contribution in [0.5, 0.6) is 11.5 Å². The van der Waals surface area contributed by atoms with Gasteiger partial charge < -0.3 is 20.1 Å².